The maximum absolute atomic E-state index is 2.43. The van der Waals surface area contributed by atoms with Gasteiger partial charge in [0.2, 0.25) is 0 Å². The molecule has 0 saturated heterocycles. The molecule has 0 aromatic heterocycles. The largest absolute Gasteiger partial charge is 0.0616 e. The summed E-state index contributed by atoms with van der Waals surface area (Å²) in [6.45, 7) is 0. The lowest BCUT2D eigenvalue weighted by molar-refractivity contribution is 1.70. The van der Waals surface area contributed by atoms with Crippen LogP contribution < -0.4 is 0 Å². The first-order valence-corrected chi connectivity index (χ1v) is 16.0. The minimum Gasteiger partial charge on any atom is -0.0616 e. The highest BCUT2D eigenvalue weighted by Crippen LogP contribution is 2.47. The zero-order valence-corrected chi connectivity index (χ0v) is 25.2. The SMILES string of the molecule is c1ccc2c(c1)cc(-c1c3ccccc3c(-c3ccc4c5ccccc5c5ccccc5c4c3)c3ccccc13)c1ccccc12. The molecule has 0 unspecified atom stereocenters. The van der Waals surface area contributed by atoms with Gasteiger partial charge >= 0.3 is 0 Å². The van der Waals surface area contributed by atoms with E-state index in [-0.39, 0.29) is 0 Å². The summed E-state index contributed by atoms with van der Waals surface area (Å²) in [4.78, 5) is 0. The molecule has 0 heterocycles. The van der Waals surface area contributed by atoms with Gasteiger partial charge in [0.05, 0.1) is 0 Å². The van der Waals surface area contributed by atoms with Gasteiger partial charge in [-0.1, -0.05) is 158 Å². The highest BCUT2D eigenvalue weighted by atomic mass is 14.2. The Hall–Kier alpha value is -5.98. The molecular formula is C46H28. The third-order valence-corrected chi connectivity index (χ3v) is 10.0. The summed E-state index contributed by atoms with van der Waals surface area (Å²) in [6, 6.07) is 62.8. The summed E-state index contributed by atoms with van der Waals surface area (Å²) in [5.41, 5.74) is 5.12. The van der Waals surface area contributed by atoms with Gasteiger partial charge in [-0.25, -0.2) is 0 Å². The fourth-order valence-electron chi connectivity index (χ4n) is 8.05. The maximum atomic E-state index is 2.43. The molecule has 212 valence electrons. The molecule has 0 atom stereocenters. The molecule has 0 radical (unpaired) electrons. The summed E-state index contributed by atoms with van der Waals surface area (Å²) in [7, 11) is 0. The van der Waals surface area contributed by atoms with Gasteiger partial charge in [-0.2, -0.15) is 0 Å². The number of rotatable bonds is 2. The molecule has 0 fully saturated rings. The van der Waals surface area contributed by atoms with Crippen LogP contribution in [0.15, 0.2) is 170 Å². The van der Waals surface area contributed by atoms with Crippen molar-refractivity contribution in [3.05, 3.63) is 170 Å². The Morgan fingerprint density at radius 2 is 0.587 bits per heavy atom. The number of hydrogen-bond donors (Lipinski definition) is 0. The second kappa shape index (κ2) is 9.76. The Kier molecular flexibility index (Phi) is 5.38. The molecule has 0 N–H and O–H groups in total. The van der Waals surface area contributed by atoms with E-state index in [0.29, 0.717) is 0 Å². The van der Waals surface area contributed by atoms with E-state index in [1.54, 1.807) is 0 Å². The smallest absolute Gasteiger partial charge is 0.00199 e. The molecule has 0 saturated carbocycles. The number of fused-ring (bicyclic) bond motifs is 11. The third-order valence-electron chi connectivity index (χ3n) is 10.0. The van der Waals surface area contributed by atoms with Crippen LogP contribution in [0.25, 0.3) is 97.7 Å². The van der Waals surface area contributed by atoms with Crippen molar-refractivity contribution in [3.8, 4) is 22.3 Å². The van der Waals surface area contributed by atoms with E-state index in [0.717, 1.165) is 0 Å². The predicted octanol–water partition coefficient (Wildman–Crippen LogP) is 13.1. The van der Waals surface area contributed by atoms with Gasteiger partial charge in [-0.15, -0.1) is 0 Å². The average Bonchev–Trinajstić information content (AvgIpc) is 3.13. The quantitative estimate of drug-likeness (QED) is 0.141. The number of hydrogen-bond acceptors (Lipinski definition) is 0. The van der Waals surface area contributed by atoms with Crippen LogP contribution in [0, 0.1) is 0 Å². The van der Waals surface area contributed by atoms with Gasteiger partial charge in [0.25, 0.3) is 0 Å². The minimum atomic E-state index is 1.25. The molecule has 10 aromatic carbocycles. The Morgan fingerprint density at radius 3 is 1.13 bits per heavy atom. The Labute approximate surface area is 266 Å². The van der Waals surface area contributed by atoms with Crippen LogP contribution in [-0.4, -0.2) is 0 Å². The third kappa shape index (κ3) is 3.56. The van der Waals surface area contributed by atoms with Crippen LogP contribution in [0.4, 0.5) is 0 Å². The van der Waals surface area contributed by atoms with Crippen LogP contribution in [-0.2, 0) is 0 Å². The summed E-state index contributed by atoms with van der Waals surface area (Å²) >= 11 is 0. The van der Waals surface area contributed by atoms with E-state index < -0.39 is 0 Å². The van der Waals surface area contributed by atoms with Gasteiger partial charge in [0.15, 0.2) is 0 Å². The molecule has 0 amide bonds. The predicted molar refractivity (Wildman–Crippen MR) is 200 cm³/mol. The van der Waals surface area contributed by atoms with Gasteiger partial charge in [0.1, 0.15) is 0 Å². The van der Waals surface area contributed by atoms with E-state index in [9.17, 15) is 0 Å². The minimum absolute atomic E-state index is 1.25. The van der Waals surface area contributed by atoms with Crippen LogP contribution in [0.5, 0.6) is 0 Å². The van der Waals surface area contributed by atoms with Gasteiger partial charge in [0, 0.05) is 0 Å². The molecule has 0 aliphatic rings. The highest BCUT2D eigenvalue weighted by molar-refractivity contribution is 6.28. The summed E-state index contributed by atoms with van der Waals surface area (Å²) < 4.78 is 0. The van der Waals surface area contributed by atoms with E-state index in [2.05, 4.69) is 170 Å². The van der Waals surface area contributed by atoms with Gasteiger partial charge < -0.3 is 0 Å². The highest BCUT2D eigenvalue weighted by Gasteiger charge is 2.19. The lowest BCUT2D eigenvalue weighted by Crippen LogP contribution is -1.92. The Morgan fingerprint density at radius 1 is 0.217 bits per heavy atom. The van der Waals surface area contributed by atoms with Gasteiger partial charge in [-0.05, 0) is 110 Å². The molecule has 10 aromatic rings. The van der Waals surface area contributed by atoms with E-state index in [1.807, 2.05) is 0 Å². The zero-order chi connectivity index (χ0) is 30.2. The van der Waals surface area contributed by atoms with Gasteiger partial charge in [-0.3, -0.25) is 0 Å². The molecule has 0 bridgehead atoms. The molecule has 0 heteroatoms. The standard InChI is InChI=1S/C46H28/c1-2-14-31-29(13-1)27-44(37-20-8-3-15-32(31)37)46-41-23-11-9-21-39(41)45(40-22-10-12-24-42(40)46)30-25-26-38-35-18-5-4-16-33(35)34-17-6-7-19-36(34)43(38)28-30/h1-28H. The topological polar surface area (TPSA) is 0 Å². The van der Waals surface area contributed by atoms with Crippen LogP contribution in [0.3, 0.4) is 0 Å². The molecule has 46 heavy (non-hydrogen) atoms. The molecule has 0 nitrogen and oxygen atoms in total. The molecule has 0 spiro atoms. The van der Waals surface area contributed by atoms with Crippen molar-refractivity contribution in [2.24, 2.45) is 0 Å². The van der Waals surface area contributed by atoms with E-state index >= 15 is 0 Å². The van der Waals surface area contributed by atoms with Crippen molar-refractivity contribution >= 4 is 75.4 Å². The Balaban J connectivity index is 1.35. The Bertz CT molecular complexity index is 2760. The van der Waals surface area contributed by atoms with Crippen molar-refractivity contribution in [1.29, 1.82) is 0 Å². The monoisotopic (exact) mass is 580 g/mol. The first-order valence-electron chi connectivity index (χ1n) is 16.0. The first-order chi connectivity index (χ1) is 22.8. The average molecular weight is 581 g/mol. The fourth-order valence-corrected chi connectivity index (χ4v) is 8.05. The fraction of sp³-hybridized carbons (Fsp3) is 0. The lowest BCUT2D eigenvalue weighted by atomic mass is 9.83. The summed E-state index contributed by atoms with van der Waals surface area (Å²) in [5.74, 6) is 0. The second-order valence-corrected chi connectivity index (χ2v) is 12.4. The van der Waals surface area contributed by atoms with Crippen molar-refractivity contribution in [1.82, 2.24) is 0 Å². The first kappa shape index (κ1) is 25.4. The van der Waals surface area contributed by atoms with Crippen LogP contribution >= 0.6 is 0 Å². The van der Waals surface area contributed by atoms with E-state index in [1.165, 1.54) is 97.7 Å². The van der Waals surface area contributed by atoms with Crippen molar-refractivity contribution in [3.63, 3.8) is 0 Å². The molecule has 0 aliphatic carbocycles. The lowest BCUT2D eigenvalue weighted by Gasteiger charge is -2.20. The van der Waals surface area contributed by atoms with Crippen molar-refractivity contribution in [2.45, 2.75) is 0 Å². The molecule has 0 aliphatic heterocycles. The zero-order valence-electron chi connectivity index (χ0n) is 25.2. The second-order valence-electron chi connectivity index (χ2n) is 12.4. The van der Waals surface area contributed by atoms with E-state index in [4.69, 9.17) is 0 Å². The summed E-state index contributed by atoms with van der Waals surface area (Å²) in [6.07, 6.45) is 0. The summed E-state index contributed by atoms with van der Waals surface area (Å²) in [5, 5.41) is 18.0. The van der Waals surface area contributed by atoms with Crippen LogP contribution in [0.2, 0.25) is 0 Å². The normalized spacial score (nSPS) is 11.9. The molecular weight excluding hydrogens is 553 g/mol. The molecule has 10 rings (SSSR count). The number of benzene rings is 10. The van der Waals surface area contributed by atoms with Crippen molar-refractivity contribution in [2.75, 3.05) is 0 Å². The van der Waals surface area contributed by atoms with Crippen LogP contribution in [0.1, 0.15) is 0 Å². The maximum Gasteiger partial charge on any atom is -0.00199 e. The van der Waals surface area contributed by atoms with Crippen molar-refractivity contribution < 1.29 is 0 Å².